The Hall–Kier alpha value is -1.98. The van der Waals surface area contributed by atoms with Crippen molar-refractivity contribution in [3.8, 4) is 6.07 Å². The van der Waals surface area contributed by atoms with Crippen LogP contribution in [0.1, 0.15) is 18.1 Å². The third kappa shape index (κ3) is 4.31. The average Bonchev–Trinajstić information content (AvgIpc) is 2.30. The van der Waals surface area contributed by atoms with Gasteiger partial charge in [0.1, 0.15) is 11.9 Å². The molecule has 0 fully saturated rings. The first-order chi connectivity index (χ1) is 8.75. The van der Waals surface area contributed by atoms with Crippen molar-refractivity contribution in [3.05, 3.63) is 35.1 Å². The van der Waals surface area contributed by atoms with E-state index in [0.717, 1.165) is 12.1 Å². The van der Waals surface area contributed by atoms with E-state index < -0.39 is 33.6 Å². The topological polar surface area (TPSA) is 107 Å². The van der Waals surface area contributed by atoms with Gasteiger partial charge in [-0.2, -0.15) is 5.26 Å². The maximum Gasteiger partial charge on any atom is 0.321 e. The van der Waals surface area contributed by atoms with Gasteiger partial charge in [-0.15, -0.1) is 0 Å². The van der Waals surface area contributed by atoms with Crippen LogP contribution in [0.3, 0.4) is 0 Å². The number of nitrogens with zero attached hydrogens (tertiary/aromatic N) is 1. The third-order valence-corrected chi connectivity index (χ3v) is 3.67. The fourth-order valence-electron chi connectivity index (χ4n) is 1.34. The Kier molecular flexibility index (Phi) is 4.58. The van der Waals surface area contributed by atoms with Crippen LogP contribution in [-0.4, -0.2) is 25.5 Å². The van der Waals surface area contributed by atoms with Gasteiger partial charge in [-0.3, -0.25) is 4.79 Å². The maximum atomic E-state index is 12.9. The molecule has 8 heteroatoms. The average molecular weight is 286 g/mol. The molecule has 19 heavy (non-hydrogen) atoms. The largest absolute Gasteiger partial charge is 0.480 e. The molecule has 0 aliphatic carbocycles. The van der Waals surface area contributed by atoms with Crippen molar-refractivity contribution in [2.45, 2.75) is 18.7 Å². The minimum atomic E-state index is -3.93. The van der Waals surface area contributed by atoms with Gasteiger partial charge < -0.3 is 5.11 Å². The van der Waals surface area contributed by atoms with Gasteiger partial charge in [0.2, 0.25) is 10.0 Å². The van der Waals surface area contributed by atoms with Crippen LogP contribution in [0.5, 0.6) is 0 Å². The second kappa shape index (κ2) is 5.77. The quantitative estimate of drug-likeness (QED) is 0.823. The van der Waals surface area contributed by atoms with Gasteiger partial charge in [0, 0.05) is 0 Å². The SMILES string of the molecule is C[C@@H](NS(=O)(=O)Cc1ccc(F)cc1C#N)C(=O)O. The molecule has 1 atom stereocenters. The fourth-order valence-corrected chi connectivity index (χ4v) is 2.73. The molecule has 0 saturated carbocycles. The van der Waals surface area contributed by atoms with Crippen molar-refractivity contribution in [3.63, 3.8) is 0 Å². The number of rotatable bonds is 5. The first kappa shape index (κ1) is 15.1. The summed E-state index contributed by atoms with van der Waals surface area (Å²) in [7, 11) is -3.93. The Morgan fingerprint density at radius 2 is 2.21 bits per heavy atom. The number of hydrogen-bond acceptors (Lipinski definition) is 4. The zero-order valence-electron chi connectivity index (χ0n) is 9.92. The maximum absolute atomic E-state index is 12.9. The number of halogens is 1. The molecule has 102 valence electrons. The summed E-state index contributed by atoms with van der Waals surface area (Å²) in [5, 5.41) is 17.4. The molecule has 0 aliphatic rings. The summed E-state index contributed by atoms with van der Waals surface area (Å²) in [6.07, 6.45) is 0. The van der Waals surface area contributed by atoms with Crippen LogP contribution >= 0.6 is 0 Å². The standard InChI is InChI=1S/C11H11FN2O4S/c1-7(11(15)16)14-19(17,18)6-8-2-3-10(12)4-9(8)5-13/h2-4,7,14H,6H2,1H3,(H,15,16)/t7-/m1/s1. The van der Waals surface area contributed by atoms with E-state index in [2.05, 4.69) is 0 Å². The van der Waals surface area contributed by atoms with Gasteiger partial charge in [-0.1, -0.05) is 6.07 Å². The number of nitriles is 1. The first-order valence-corrected chi connectivity index (χ1v) is 6.82. The van der Waals surface area contributed by atoms with E-state index in [1.807, 2.05) is 4.72 Å². The molecule has 0 saturated heterocycles. The van der Waals surface area contributed by atoms with Gasteiger partial charge >= 0.3 is 5.97 Å². The Morgan fingerprint density at radius 1 is 1.58 bits per heavy atom. The molecular weight excluding hydrogens is 275 g/mol. The van der Waals surface area contributed by atoms with E-state index in [-0.39, 0.29) is 11.1 Å². The number of carboxylic acids is 1. The molecular formula is C11H11FN2O4S. The lowest BCUT2D eigenvalue weighted by atomic mass is 10.1. The number of carbonyl (C=O) groups is 1. The molecule has 0 heterocycles. The molecule has 0 unspecified atom stereocenters. The van der Waals surface area contributed by atoms with E-state index in [1.165, 1.54) is 13.0 Å². The van der Waals surface area contributed by atoms with E-state index in [1.54, 1.807) is 6.07 Å². The van der Waals surface area contributed by atoms with Crippen LogP contribution in [0.2, 0.25) is 0 Å². The van der Waals surface area contributed by atoms with Crippen LogP contribution < -0.4 is 4.72 Å². The van der Waals surface area contributed by atoms with Crippen LogP contribution in [0, 0.1) is 17.1 Å². The van der Waals surface area contributed by atoms with E-state index >= 15 is 0 Å². The van der Waals surface area contributed by atoms with Crippen molar-refractivity contribution in [1.82, 2.24) is 4.72 Å². The van der Waals surface area contributed by atoms with Gasteiger partial charge in [0.15, 0.2) is 0 Å². The third-order valence-electron chi connectivity index (χ3n) is 2.26. The Morgan fingerprint density at radius 3 is 2.74 bits per heavy atom. The minimum Gasteiger partial charge on any atom is -0.480 e. The summed E-state index contributed by atoms with van der Waals surface area (Å²) in [5.41, 5.74) is 0.00217. The Bertz CT molecular complexity index is 637. The number of aliphatic carboxylic acids is 1. The van der Waals surface area contributed by atoms with Gasteiger partial charge in [0.25, 0.3) is 0 Å². The predicted octanol–water partition coefficient (Wildman–Crippen LogP) is 0.590. The zero-order valence-corrected chi connectivity index (χ0v) is 10.7. The summed E-state index contributed by atoms with van der Waals surface area (Å²) < 4.78 is 38.2. The minimum absolute atomic E-state index is 0.103. The fraction of sp³-hybridized carbons (Fsp3) is 0.273. The second-order valence-corrected chi connectivity index (χ2v) is 5.60. The molecule has 1 rings (SSSR count). The molecule has 1 aromatic carbocycles. The molecule has 0 bridgehead atoms. The molecule has 0 aromatic heterocycles. The van der Waals surface area contributed by atoms with Crippen LogP contribution in [0.25, 0.3) is 0 Å². The van der Waals surface area contributed by atoms with Crippen molar-refractivity contribution >= 4 is 16.0 Å². The van der Waals surface area contributed by atoms with E-state index in [4.69, 9.17) is 10.4 Å². The lowest BCUT2D eigenvalue weighted by Gasteiger charge is -2.10. The van der Waals surface area contributed by atoms with Crippen molar-refractivity contribution in [2.75, 3.05) is 0 Å². The van der Waals surface area contributed by atoms with E-state index in [0.29, 0.717) is 0 Å². The smallest absolute Gasteiger partial charge is 0.321 e. The van der Waals surface area contributed by atoms with Gasteiger partial charge in [-0.05, 0) is 24.6 Å². The highest BCUT2D eigenvalue weighted by atomic mass is 32.2. The van der Waals surface area contributed by atoms with Crippen LogP contribution in [-0.2, 0) is 20.6 Å². The van der Waals surface area contributed by atoms with Crippen molar-refractivity contribution in [1.29, 1.82) is 5.26 Å². The highest BCUT2D eigenvalue weighted by Crippen LogP contribution is 2.13. The van der Waals surface area contributed by atoms with E-state index in [9.17, 15) is 17.6 Å². The number of hydrogen-bond donors (Lipinski definition) is 2. The second-order valence-electron chi connectivity index (χ2n) is 3.85. The Balaban J connectivity index is 2.97. The monoisotopic (exact) mass is 286 g/mol. The molecule has 0 amide bonds. The normalized spacial score (nSPS) is 12.7. The summed E-state index contributed by atoms with van der Waals surface area (Å²) in [5.74, 6) is -2.55. The summed E-state index contributed by atoms with van der Waals surface area (Å²) in [6, 6.07) is 3.54. The highest BCUT2D eigenvalue weighted by molar-refractivity contribution is 7.88. The molecule has 1 aromatic rings. The molecule has 6 nitrogen and oxygen atoms in total. The predicted molar refractivity (Wildman–Crippen MR) is 64.0 cm³/mol. The van der Waals surface area contributed by atoms with Crippen molar-refractivity contribution in [2.24, 2.45) is 0 Å². The highest BCUT2D eigenvalue weighted by Gasteiger charge is 2.21. The molecule has 0 spiro atoms. The van der Waals surface area contributed by atoms with Gasteiger partial charge in [-0.25, -0.2) is 17.5 Å². The number of nitrogens with one attached hydrogen (secondary N) is 1. The number of carboxylic acid groups (broad SMARTS) is 1. The molecule has 0 aliphatic heterocycles. The number of benzene rings is 1. The molecule has 0 radical (unpaired) electrons. The first-order valence-electron chi connectivity index (χ1n) is 5.16. The summed E-state index contributed by atoms with van der Waals surface area (Å²) >= 11 is 0. The lowest BCUT2D eigenvalue weighted by Crippen LogP contribution is -2.39. The molecule has 2 N–H and O–H groups in total. The van der Waals surface area contributed by atoms with Crippen molar-refractivity contribution < 1.29 is 22.7 Å². The van der Waals surface area contributed by atoms with Crippen LogP contribution in [0.15, 0.2) is 18.2 Å². The lowest BCUT2D eigenvalue weighted by molar-refractivity contribution is -0.138. The summed E-state index contributed by atoms with van der Waals surface area (Å²) in [4.78, 5) is 10.6. The Labute approximate surface area is 109 Å². The summed E-state index contributed by atoms with van der Waals surface area (Å²) in [6.45, 7) is 1.18. The number of sulfonamides is 1. The van der Waals surface area contributed by atoms with Gasteiger partial charge in [0.05, 0.1) is 17.4 Å². The zero-order chi connectivity index (χ0) is 14.6. The van der Waals surface area contributed by atoms with Crippen LogP contribution in [0.4, 0.5) is 4.39 Å².